The standard InChI is InChI=1S/C8H15NOS.C5H10O2/c1-3-8(10)9-7-5-11-4-6(7)2;1-2-3-4-5(6)7/h6-7H,3-5H2,1-2H3,(H,9,10);2-4H2,1H3,(H,6,7). The highest BCUT2D eigenvalue weighted by molar-refractivity contribution is 7.99. The highest BCUT2D eigenvalue weighted by Gasteiger charge is 2.24. The van der Waals surface area contributed by atoms with Gasteiger partial charge in [-0.25, -0.2) is 0 Å². The van der Waals surface area contributed by atoms with Crippen LogP contribution in [-0.2, 0) is 9.59 Å². The van der Waals surface area contributed by atoms with E-state index in [1.807, 2.05) is 25.6 Å². The maximum atomic E-state index is 11.0. The van der Waals surface area contributed by atoms with Gasteiger partial charge in [-0.3, -0.25) is 9.59 Å². The maximum absolute atomic E-state index is 11.0. The number of carboxylic acid groups (broad SMARTS) is 1. The van der Waals surface area contributed by atoms with Gasteiger partial charge in [0.2, 0.25) is 5.91 Å². The molecule has 0 bridgehead atoms. The van der Waals surface area contributed by atoms with Gasteiger partial charge in [-0.05, 0) is 18.1 Å². The van der Waals surface area contributed by atoms with Gasteiger partial charge in [-0.15, -0.1) is 0 Å². The highest BCUT2D eigenvalue weighted by atomic mass is 32.2. The summed E-state index contributed by atoms with van der Waals surface area (Å²) in [5, 5.41) is 11.1. The first-order valence-electron chi connectivity index (χ1n) is 6.60. The molecule has 0 aromatic heterocycles. The molecular formula is C13H25NO3S. The molecule has 2 atom stereocenters. The molecule has 0 aromatic carbocycles. The summed E-state index contributed by atoms with van der Waals surface area (Å²) >= 11 is 1.93. The first-order valence-corrected chi connectivity index (χ1v) is 7.75. The van der Waals surface area contributed by atoms with Crippen LogP contribution in [0.3, 0.4) is 0 Å². The summed E-state index contributed by atoms with van der Waals surface area (Å²) in [5.41, 5.74) is 0. The molecule has 1 aliphatic heterocycles. The summed E-state index contributed by atoms with van der Waals surface area (Å²) in [6, 6.07) is 0.424. The summed E-state index contributed by atoms with van der Waals surface area (Å²) < 4.78 is 0. The van der Waals surface area contributed by atoms with E-state index < -0.39 is 5.97 Å². The lowest BCUT2D eigenvalue weighted by Gasteiger charge is -2.15. The zero-order chi connectivity index (χ0) is 14.0. The zero-order valence-corrected chi connectivity index (χ0v) is 12.4. The molecule has 4 nitrogen and oxygen atoms in total. The van der Waals surface area contributed by atoms with E-state index in [2.05, 4.69) is 12.2 Å². The Balaban J connectivity index is 0.000000360. The first-order chi connectivity index (χ1) is 8.51. The molecule has 1 rings (SSSR count). The molecule has 0 spiro atoms. The van der Waals surface area contributed by atoms with Crippen LogP contribution in [0.4, 0.5) is 0 Å². The topological polar surface area (TPSA) is 66.4 Å². The van der Waals surface area contributed by atoms with Crippen molar-refractivity contribution in [1.82, 2.24) is 5.32 Å². The molecule has 0 saturated carbocycles. The number of hydrogen-bond acceptors (Lipinski definition) is 3. The molecule has 1 aliphatic rings. The summed E-state index contributed by atoms with van der Waals surface area (Å²) in [5.74, 6) is 2.42. The predicted octanol–water partition coefficient (Wildman–Crippen LogP) is 2.53. The molecule has 2 unspecified atom stereocenters. The van der Waals surface area contributed by atoms with E-state index in [0.29, 0.717) is 24.8 Å². The van der Waals surface area contributed by atoms with Crippen LogP contribution >= 0.6 is 11.8 Å². The van der Waals surface area contributed by atoms with Crippen LogP contribution < -0.4 is 5.32 Å². The fraction of sp³-hybridized carbons (Fsp3) is 0.846. The molecule has 1 saturated heterocycles. The Morgan fingerprint density at radius 1 is 1.33 bits per heavy atom. The van der Waals surface area contributed by atoms with E-state index in [4.69, 9.17) is 5.11 Å². The molecule has 106 valence electrons. The van der Waals surface area contributed by atoms with E-state index in [9.17, 15) is 9.59 Å². The maximum Gasteiger partial charge on any atom is 0.303 e. The molecule has 0 aromatic rings. The van der Waals surface area contributed by atoms with Crippen LogP contribution in [0.25, 0.3) is 0 Å². The Kier molecular flexibility index (Phi) is 9.83. The average molecular weight is 275 g/mol. The third kappa shape index (κ3) is 8.39. The summed E-state index contributed by atoms with van der Waals surface area (Å²) in [6.45, 7) is 6.06. The van der Waals surface area contributed by atoms with Crippen molar-refractivity contribution in [3.63, 3.8) is 0 Å². The molecule has 1 fully saturated rings. The van der Waals surface area contributed by atoms with Gasteiger partial charge in [0.25, 0.3) is 0 Å². The fourth-order valence-corrected chi connectivity index (χ4v) is 2.89. The van der Waals surface area contributed by atoms with Gasteiger partial charge < -0.3 is 10.4 Å². The van der Waals surface area contributed by atoms with Crippen molar-refractivity contribution in [1.29, 1.82) is 0 Å². The van der Waals surface area contributed by atoms with Crippen LogP contribution in [0, 0.1) is 5.92 Å². The Morgan fingerprint density at radius 3 is 2.33 bits per heavy atom. The van der Waals surface area contributed by atoms with E-state index in [0.717, 1.165) is 18.6 Å². The lowest BCUT2D eigenvalue weighted by molar-refractivity contribution is -0.137. The van der Waals surface area contributed by atoms with Crippen molar-refractivity contribution in [3.8, 4) is 0 Å². The minimum atomic E-state index is -0.693. The van der Waals surface area contributed by atoms with E-state index in [1.54, 1.807) is 0 Å². The minimum absolute atomic E-state index is 0.185. The van der Waals surface area contributed by atoms with Gasteiger partial charge >= 0.3 is 5.97 Å². The third-order valence-electron chi connectivity index (χ3n) is 2.78. The second-order valence-electron chi connectivity index (χ2n) is 4.54. The van der Waals surface area contributed by atoms with E-state index >= 15 is 0 Å². The first kappa shape index (κ1) is 17.3. The number of rotatable bonds is 5. The largest absolute Gasteiger partial charge is 0.481 e. The molecular weight excluding hydrogens is 250 g/mol. The van der Waals surface area contributed by atoms with Gasteiger partial charge in [0.05, 0.1) is 0 Å². The monoisotopic (exact) mass is 275 g/mol. The lowest BCUT2D eigenvalue weighted by atomic mass is 10.1. The van der Waals surface area contributed by atoms with Gasteiger partial charge in [0, 0.05) is 24.6 Å². The Labute approximate surface area is 114 Å². The number of carbonyl (C=O) groups excluding carboxylic acids is 1. The predicted molar refractivity (Wildman–Crippen MR) is 75.9 cm³/mol. The zero-order valence-electron chi connectivity index (χ0n) is 11.6. The molecule has 2 N–H and O–H groups in total. The molecule has 5 heteroatoms. The van der Waals surface area contributed by atoms with Crippen molar-refractivity contribution >= 4 is 23.6 Å². The smallest absolute Gasteiger partial charge is 0.303 e. The fourth-order valence-electron chi connectivity index (χ4n) is 1.48. The normalized spacial score (nSPS) is 21.9. The number of unbranched alkanes of at least 4 members (excludes halogenated alkanes) is 1. The van der Waals surface area contributed by atoms with Gasteiger partial charge in [-0.1, -0.05) is 27.2 Å². The quantitative estimate of drug-likeness (QED) is 0.809. The van der Waals surface area contributed by atoms with Gasteiger partial charge in [-0.2, -0.15) is 11.8 Å². The Hall–Kier alpha value is -0.710. The SMILES string of the molecule is CCC(=O)NC1CSCC1C.CCCCC(=O)O. The van der Waals surface area contributed by atoms with Crippen molar-refractivity contribution in [2.24, 2.45) is 5.92 Å². The van der Waals surface area contributed by atoms with Crippen LogP contribution in [0.5, 0.6) is 0 Å². The molecule has 1 heterocycles. The molecule has 1 amide bonds. The van der Waals surface area contributed by atoms with Crippen molar-refractivity contribution < 1.29 is 14.7 Å². The Bertz CT molecular complexity index is 259. The van der Waals surface area contributed by atoms with Crippen molar-refractivity contribution in [3.05, 3.63) is 0 Å². The van der Waals surface area contributed by atoms with Crippen LogP contribution in [-0.4, -0.2) is 34.5 Å². The van der Waals surface area contributed by atoms with E-state index in [-0.39, 0.29) is 5.91 Å². The Morgan fingerprint density at radius 2 is 2.00 bits per heavy atom. The van der Waals surface area contributed by atoms with Crippen LogP contribution in [0.15, 0.2) is 0 Å². The molecule has 0 radical (unpaired) electrons. The van der Waals surface area contributed by atoms with Crippen molar-refractivity contribution in [2.75, 3.05) is 11.5 Å². The second-order valence-corrected chi connectivity index (χ2v) is 5.61. The van der Waals surface area contributed by atoms with Gasteiger partial charge in [0.15, 0.2) is 0 Å². The van der Waals surface area contributed by atoms with Crippen molar-refractivity contribution in [2.45, 2.75) is 52.5 Å². The second kappa shape index (κ2) is 10.2. The molecule has 0 aliphatic carbocycles. The highest BCUT2D eigenvalue weighted by Crippen LogP contribution is 2.23. The van der Waals surface area contributed by atoms with Crippen LogP contribution in [0.1, 0.15) is 46.5 Å². The summed E-state index contributed by atoms with van der Waals surface area (Å²) in [4.78, 5) is 20.8. The summed E-state index contributed by atoms with van der Waals surface area (Å²) in [6.07, 6.45) is 2.69. The number of carboxylic acids is 1. The number of amides is 1. The average Bonchev–Trinajstić information content (AvgIpc) is 2.73. The minimum Gasteiger partial charge on any atom is -0.481 e. The number of hydrogen-bond donors (Lipinski definition) is 2. The van der Waals surface area contributed by atoms with Gasteiger partial charge in [0.1, 0.15) is 0 Å². The third-order valence-corrected chi connectivity index (χ3v) is 4.13. The molecule has 18 heavy (non-hydrogen) atoms. The van der Waals surface area contributed by atoms with Crippen LogP contribution in [0.2, 0.25) is 0 Å². The number of aliphatic carboxylic acids is 1. The number of nitrogens with one attached hydrogen (secondary N) is 1. The van der Waals surface area contributed by atoms with E-state index in [1.165, 1.54) is 5.75 Å². The number of thioether (sulfide) groups is 1. The lowest BCUT2D eigenvalue weighted by Crippen LogP contribution is -2.38. The number of carbonyl (C=O) groups is 2. The summed E-state index contributed by atoms with van der Waals surface area (Å²) in [7, 11) is 0.